The first-order valence-electron chi connectivity index (χ1n) is 6.77. The summed E-state index contributed by atoms with van der Waals surface area (Å²) in [5.41, 5.74) is 10.3. The standard InChI is InChI=1S/C12H23N5O3/c1-8(10(18)16-12(14)20)17-6-2-3-9(7-17)11(19)15-5-4-13/h8-9H,2-7,13H2,1H3,(H,15,19)(H3,14,16,18,20). The normalized spacial score (nSPS) is 21.0. The van der Waals surface area contributed by atoms with Gasteiger partial charge in [0.2, 0.25) is 11.8 Å². The SMILES string of the molecule is CC(C(=O)NC(N)=O)N1CCCC(C(=O)NCCN)C1. The monoisotopic (exact) mass is 285 g/mol. The Morgan fingerprint density at radius 3 is 2.70 bits per heavy atom. The summed E-state index contributed by atoms with van der Waals surface area (Å²) in [5.74, 6) is -0.637. The van der Waals surface area contributed by atoms with Crippen molar-refractivity contribution in [3.05, 3.63) is 0 Å². The lowest BCUT2D eigenvalue weighted by Crippen LogP contribution is -2.53. The molecular weight excluding hydrogens is 262 g/mol. The van der Waals surface area contributed by atoms with E-state index in [0.717, 1.165) is 12.8 Å². The summed E-state index contributed by atoms with van der Waals surface area (Å²) in [6, 6.07) is -1.36. The third-order valence-corrected chi connectivity index (χ3v) is 3.44. The smallest absolute Gasteiger partial charge is 0.318 e. The zero-order valence-electron chi connectivity index (χ0n) is 11.7. The van der Waals surface area contributed by atoms with Crippen LogP contribution in [0.3, 0.4) is 0 Å². The van der Waals surface area contributed by atoms with Crippen LogP contribution in [0.25, 0.3) is 0 Å². The van der Waals surface area contributed by atoms with Crippen molar-refractivity contribution in [3.8, 4) is 0 Å². The number of urea groups is 1. The van der Waals surface area contributed by atoms with E-state index < -0.39 is 18.0 Å². The number of nitrogens with two attached hydrogens (primary N) is 2. The summed E-state index contributed by atoms with van der Waals surface area (Å²) >= 11 is 0. The number of hydrogen-bond acceptors (Lipinski definition) is 5. The molecule has 0 spiro atoms. The molecule has 4 amide bonds. The van der Waals surface area contributed by atoms with Gasteiger partial charge in [0.15, 0.2) is 0 Å². The van der Waals surface area contributed by atoms with Crippen molar-refractivity contribution < 1.29 is 14.4 Å². The molecule has 2 atom stereocenters. The summed E-state index contributed by atoms with van der Waals surface area (Å²) in [6.07, 6.45) is 1.62. The van der Waals surface area contributed by atoms with Crippen molar-refractivity contribution in [1.82, 2.24) is 15.5 Å². The second kappa shape index (κ2) is 7.81. The lowest BCUT2D eigenvalue weighted by atomic mass is 9.96. The zero-order chi connectivity index (χ0) is 15.1. The molecule has 0 aliphatic carbocycles. The first-order chi connectivity index (χ1) is 9.45. The number of imide groups is 1. The van der Waals surface area contributed by atoms with Crippen LogP contribution in [0.4, 0.5) is 4.79 Å². The van der Waals surface area contributed by atoms with E-state index in [1.54, 1.807) is 6.92 Å². The number of rotatable bonds is 5. The van der Waals surface area contributed by atoms with Gasteiger partial charge in [0, 0.05) is 19.6 Å². The number of nitrogens with one attached hydrogen (secondary N) is 2. The highest BCUT2D eigenvalue weighted by molar-refractivity contribution is 5.96. The fraction of sp³-hybridized carbons (Fsp3) is 0.750. The van der Waals surface area contributed by atoms with Gasteiger partial charge in [-0.25, -0.2) is 4.79 Å². The van der Waals surface area contributed by atoms with E-state index >= 15 is 0 Å². The topological polar surface area (TPSA) is 131 Å². The minimum atomic E-state index is -0.865. The molecule has 1 rings (SSSR count). The van der Waals surface area contributed by atoms with E-state index in [-0.39, 0.29) is 11.8 Å². The van der Waals surface area contributed by atoms with Gasteiger partial charge in [0.1, 0.15) is 0 Å². The number of piperidine rings is 1. The fourth-order valence-electron chi connectivity index (χ4n) is 2.30. The van der Waals surface area contributed by atoms with Gasteiger partial charge in [-0.15, -0.1) is 0 Å². The van der Waals surface area contributed by atoms with E-state index in [0.29, 0.717) is 26.2 Å². The van der Waals surface area contributed by atoms with Crippen LogP contribution in [0.15, 0.2) is 0 Å². The maximum absolute atomic E-state index is 11.9. The van der Waals surface area contributed by atoms with Gasteiger partial charge in [0.05, 0.1) is 12.0 Å². The number of hydrogen-bond donors (Lipinski definition) is 4. The minimum Gasteiger partial charge on any atom is -0.355 e. The Morgan fingerprint density at radius 1 is 1.40 bits per heavy atom. The first kappa shape index (κ1) is 16.4. The highest BCUT2D eigenvalue weighted by Gasteiger charge is 2.30. The summed E-state index contributed by atoms with van der Waals surface area (Å²) in [6.45, 7) is 3.75. The van der Waals surface area contributed by atoms with Crippen LogP contribution in [-0.4, -0.2) is 55.0 Å². The van der Waals surface area contributed by atoms with Crippen molar-refractivity contribution in [1.29, 1.82) is 0 Å². The molecule has 20 heavy (non-hydrogen) atoms. The predicted octanol–water partition coefficient (Wildman–Crippen LogP) is -1.64. The number of likely N-dealkylation sites (tertiary alicyclic amines) is 1. The molecule has 0 aromatic heterocycles. The molecule has 0 saturated carbocycles. The van der Waals surface area contributed by atoms with Gasteiger partial charge >= 0.3 is 6.03 Å². The van der Waals surface area contributed by atoms with Gasteiger partial charge in [-0.1, -0.05) is 0 Å². The summed E-state index contributed by atoms with van der Waals surface area (Å²) in [7, 11) is 0. The van der Waals surface area contributed by atoms with Crippen molar-refractivity contribution in [2.24, 2.45) is 17.4 Å². The van der Waals surface area contributed by atoms with Crippen LogP contribution >= 0.6 is 0 Å². The number of primary amides is 1. The Morgan fingerprint density at radius 2 is 2.10 bits per heavy atom. The fourth-order valence-corrected chi connectivity index (χ4v) is 2.30. The molecule has 1 heterocycles. The average Bonchev–Trinajstić information content (AvgIpc) is 2.43. The lowest BCUT2D eigenvalue weighted by Gasteiger charge is -2.35. The van der Waals surface area contributed by atoms with Gasteiger partial charge < -0.3 is 16.8 Å². The zero-order valence-corrected chi connectivity index (χ0v) is 11.7. The summed E-state index contributed by atoms with van der Waals surface area (Å²) < 4.78 is 0. The number of amides is 4. The highest BCUT2D eigenvalue weighted by Crippen LogP contribution is 2.18. The van der Waals surface area contributed by atoms with Gasteiger partial charge in [-0.2, -0.15) is 0 Å². The van der Waals surface area contributed by atoms with E-state index in [1.165, 1.54) is 0 Å². The molecule has 0 aromatic carbocycles. The van der Waals surface area contributed by atoms with E-state index in [9.17, 15) is 14.4 Å². The molecule has 6 N–H and O–H groups in total. The molecule has 2 unspecified atom stereocenters. The Hall–Kier alpha value is -1.67. The van der Waals surface area contributed by atoms with E-state index in [2.05, 4.69) is 10.6 Å². The van der Waals surface area contributed by atoms with E-state index in [1.807, 2.05) is 4.90 Å². The molecular formula is C12H23N5O3. The quantitative estimate of drug-likeness (QED) is 0.481. The van der Waals surface area contributed by atoms with Crippen molar-refractivity contribution in [2.75, 3.05) is 26.2 Å². The second-order valence-electron chi connectivity index (χ2n) is 4.94. The molecule has 0 bridgehead atoms. The van der Waals surface area contributed by atoms with E-state index in [4.69, 9.17) is 11.5 Å². The van der Waals surface area contributed by atoms with Gasteiger partial charge in [-0.05, 0) is 26.3 Å². The largest absolute Gasteiger partial charge is 0.355 e. The molecule has 114 valence electrons. The molecule has 8 heteroatoms. The Bertz CT molecular complexity index is 374. The first-order valence-corrected chi connectivity index (χ1v) is 6.77. The summed E-state index contributed by atoms with van der Waals surface area (Å²) in [5, 5.41) is 4.82. The Kier molecular flexibility index (Phi) is 6.40. The van der Waals surface area contributed by atoms with Crippen LogP contribution in [0.2, 0.25) is 0 Å². The molecule has 1 saturated heterocycles. The molecule has 0 aromatic rings. The molecule has 0 radical (unpaired) electrons. The number of nitrogens with zero attached hydrogens (tertiary/aromatic N) is 1. The van der Waals surface area contributed by atoms with Crippen molar-refractivity contribution in [3.63, 3.8) is 0 Å². The van der Waals surface area contributed by atoms with Crippen LogP contribution < -0.4 is 22.1 Å². The van der Waals surface area contributed by atoms with Crippen LogP contribution in [-0.2, 0) is 9.59 Å². The maximum atomic E-state index is 11.9. The third-order valence-electron chi connectivity index (χ3n) is 3.44. The Balaban J connectivity index is 2.53. The molecule has 1 aliphatic rings. The average molecular weight is 285 g/mol. The van der Waals surface area contributed by atoms with Crippen LogP contribution in [0.1, 0.15) is 19.8 Å². The maximum Gasteiger partial charge on any atom is 0.318 e. The van der Waals surface area contributed by atoms with Gasteiger partial charge in [0.25, 0.3) is 0 Å². The second-order valence-corrected chi connectivity index (χ2v) is 4.94. The minimum absolute atomic E-state index is 0.0392. The third kappa shape index (κ3) is 4.78. The molecule has 1 fully saturated rings. The Labute approximate surface area is 118 Å². The predicted molar refractivity (Wildman–Crippen MR) is 73.5 cm³/mol. The highest BCUT2D eigenvalue weighted by atomic mass is 16.2. The lowest BCUT2D eigenvalue weighted by molar-refractivity contribution is -0.130. The summed E-state index contributed by atoms with van der Waals surface area (Å²) in [4.78, 5) is 36.2. The molecule has 1 aliphatic heterocycles. The molecule has 8 nitrogen and oxygen atoms in total. The van der Waals surface area contributed by atoms with Gasteiger partial charge in [-0.3, -0.25) is 19.8 Å². The van der Waals surface area contributed by atoms with Crippen molar-refractivity contribution >= 4 is 17.8 Å². The van der Waals surface area contributed by atoms with Crippen molar-refractivity contribution in [2.45, 2.75) is 25.8 Å². The van der Waals surface area contributed by atoms with Crippen LogP contribution in [0, 0.1) is 5.92 Å². The van der Waals surface area contributed by atoms with Crippen LogP contribution in [0.5, 0.6) is 0 Å². The number of carbonyl (C=O) groups excluding carboxylic acids is 3. The number of carbonyl (C=O) groups is 3.